The van der Waals surface area contributed by atoms with Crippen molar-refractivity contribution in [1.82, 2.24) is 10.2 Å². The summed E-state index contributed by atoms with van der Waals surface area (Å²) in [4.78, 5) is 28.6. The van der Waals surface area contributed by atoms with Crippen molar-refractivity contribution < 1.29 is 22.7 Å². The van der Waals surface area contributed by atoms with Gasteiger partial charge in [-0.05, 0) is 95.6 Å². The zero-order chi connectivity index (χ0) is 30.4. The van der Waals surface area contributed by atoms with Gasteiger partial charge in [0.2, 0.25) is 11.8 Å². The van der Waals surface area contributed by atoms with Crippen molar-refractivity contribution in [3.05, 3.63) is 88.9 Å². The highest BCUT2D eigenvalue weighted by Crippen LogP contribution is 2.26. The number of carbonyl (C=O) groups is 2. The van der Waals surface area contributed by atoms with E-state index in [4.69, 9.17) is 16.3 Å². The summed E-state index contributed by atoms with van der Waals surface area (Å²) in [6.45, 7) is 10.9. The second kappa shape index (κ2) is 13.4. The average Bonchev–Trinajstić information content (AvgIpc) is 2.91. The number of rotatable bonds is 11. The molecule has 1 N–H and O–H groups in total. The van der Waals surface area contributed by atoms with Crippen molar-refractivity contribution in [2.75, 3.05) is 17.5 Å². The van der Waals surface area contributed by atoms with Crippen LogP contribution in [0, 0.1) is 6.92 Å². The lowest BCUT2D eigenvalue weighted by molar-refractivity contribution is -0.140. The fourth-order valence-electron chi connectivity index (χ4n) is 4.08. The van der Waals surface area contributed by atoms with Crippen LogP contribution in [0.15, 0.2) is 77.7 Å². The van der Waals surface area contributed by atoms with E-state index in [9.17, 15) is 18.0 Å². The predicted octanol–water partition coefficient (Wildman–Crippen LogP) is 5.57. The van der Waals surface area contributed by atoms with Gasteiger partial charge in [-0.3, -0.25) is 13.9 Å². The molecule has 220 valence electrons. The fraction of sp³-hybridized carbons (Fsp3) is 0.355. The van der Waals surface area contributed by atoms with Gasteiger partial charge in [0.15, 0.2) is 0 Å². The maximum Gasteiger partial charge on any atom is 0.264 e. The Morgan fingerprint density at radius 2 is 1.54 bits per heavy atom. The van der Waals surface area contributed by atoms with Crippen LogP contribution in [0.1, 0.15) is 45.7 Å². The molecule has 0 aliphatic rings. The summed E-state index contributed by atoms with van der Waals surface area (Å²) in [6, 6.07) is 19.0. The summed E-state index contributed by atoms with van der Waals surface area (Å²) in [5.41, 5.74) is 1.49. The molecule has 0 saturated heterocycles. The molecule has 3 rings (SSSR count). The standard InChI is InChI=1S/C31H38ClN3O5S/c1-7-40-27-16-18-28(19-17-27)41(38,39)35(26-14-8-22(2)9-15-26)21-29(36)34(20-24-10-12-25(32)13-11-24)23(3)30(37)33-31(4,5)6/h8-19,23H,7,20-21H2,1-6H3,(H,33,37)/t23-/m1/s1. The fourth-order valence-corrected chi connectivity index (χ4v) is 5.62. The number of nitrogens with one attached hydrogen (secondary N) is 1. The predicted molar refractivity (Wildman–Crippen MR) is 163 cm³/mol. The molecule has 3 aromatic carbocycles. The summed E-state index contributed by atoms with van der Waals surface area (Å²) in [6.07, 6.45) is 0. The van der Waals surface area contributed by atoms with Crippen molar-refractivity contribution in [1.29, 1.82) is 0 Å². The van der Waals surface area contributed by atoms with Crippen molar-refractivity contribution in [2.24, 2.45) is 0 Å². The van der Waals surface area contributed by atoms with Gasteiger partial charge in [-0.15, -0.1) is 0 Å². The van der Waals surface area contributed by atoms with E-state index in [0.717, 1.165) is 15.4 Å². The molecule has 0 fully saturated rings. The molecule has 0 bridgehead atoms. The van der Waals surface area contributed by atoms with Crippen LogP contribution in [-0.4, -0.2) is 49.9 Å². The first-order valence-corrected chi connectivity index (χ1v) is 15.2. The van der Waals surface area contributed by atoms with E-state index in [0.29, 0.717) is 23.1 Å². The minimum Gasteiger partial charge on any atom is -0.494 e. The molecular formula is C31H38ClN3O5S. The van der Waals surface area contributed by atoms with E-state index in [-0.39, 0.29) is 17.3 Å². The first-order chi connectivity index (χ1) is 19.2. The van der Waals surface area contributed by atoms with Crippen LogP contribution >= 0.6 is 11.6 Å². The van der Waals surface area contributed by atoms with E-state index in [1.54, 1.807) is 67.6 Å². The summed E-state index contributed by atoms with van der Waals surface area (Å²) in [5.74, 6) is -0.347. The lowest BCUT2D eigenvalue weighted by atomic mass is 10.1. The Balaban J connectivity index is 2.02. The number of carbonyl (C=O) groups excluding carboxylic acids is 2. The molecule has 0 aliphatic heterocycles. The van der Waals surface area contributed by atoms with Crippen LogP contribution in [0.4, 0.5) is 5.69 Å². The van der Waals surface area contributed by atoms with Gasteiger partial charge in [-0.1, -0.05) is 41.4 Å². The van der Waals surface area contributed by atoms with Crippen LogP contribution < -0.4 is 14.4 Å². The third-order valence-corrected chi connectivity index (χ3v) is 8.30. The zero-order valence-electron chi connectivity index (χ0n) is 24.3. The van der Waals surface area contributed by atoms with Crippen molar-refractivity contribution in [3.63, 3.8) is 0 Å². The Hall–Kier alpha value is -3.56. The van der Waals surface area contributed by atoms with Crippen molar-refractivity contribution >= 4 is 39.1 Å². The molecular weight excluding hydrogens is 562 g/mol. The van der Waals surface area contributed by atoms with E-state index < -0.39 is 34.1 Å². The number of hydrogen-bond acceptors (Lipinski definition) is 5. The largest absolute Gasteiger partial charge is 0.494 e. The second-order valence-electron chi connectivity index (χ2n) is 10.8. The highest BCUT2D eigenvalue weighted by Gasteiger charge is 2.33. The van der Waals surface area contributed by atoms with Crippen LogP contribution in [0.5, 0.6) is 5.75 Å². The molecule has 0 heterocycles. The Morgan fingerprint density at radius 1 is 0.951 bits per heavy atom. The highest BCUT2D eigenvalue weighted by molar-refractivity contribution is 7.92. The molecule has 0 aliphatic carbocycles. The molecule has 0 unspecified atom stereocenters. The first-order valence-electron chi connectivity index (χ1n) is 13.4. The monoisotopic (exact) mass is 599 g/mol. The molecule has 3 aromatic rings. The topological polar surface area (TPSA) is 96.0 Å². The van der Waals surface area contributed by atoms with E-state index in [2.05, 4.69) is 5.32 Å². The normalized spacial score (nSPS) is 12.4. The van der Waals surface area contributed by atoms with Gasteiger partial charge >= 0.3 is 0 Å². The van der Waals surface area contributed by atoms with Crippen molar-refractivity contribution in [2.45, 2.75) is 64.6 Å². The highest BCUT2D eigenvalue weighted by atomic mass is 35.5. The van der Waals surface area contributed by atoms with Gasteiger partial charge in [0.05, 0.1) is 17.2 Å². The number of aryl methyl sites for hydroxylation is 1. The lowest BCUT2D eigenvalue weighted by Gasteiger charge is -2.33. The minimum atomic E-state index is -4.17. The number of hydrogen-bond donors (Lipinski definition) is 1. The third kappa shape index (κ3) is 8.71. The minimum absolute atomic E-state index is 0.0112. The van der Waals surface area contributed by atoms with Gasteiger partial charge in [0.25, 0.3) is 10.0 Å². The van der Waals surface area contributed by atoms with Gasteiger partial charge < -0.3 is 15.0 Å². The number of anilines is 1. The molecule has 10 heteroatoms. The second-order valence-corrected chi connectivity index (χ2v) is 13.1. The molecule has 0 spiro atoms. The van der Waals surface area contributed by atoms with Crippen LogP contribution in [0.2, 0.25) is 5.02 Å². The Bertz CT molecular complexity index is 1440. The summed E-state index contributed by atoms with van der Waals surface area (Å²) in [7, 11) is -4.17. The van der Waals surface area contributed by atoms with E-state index in [1.807, 2.05) is 34.6 Å². The molecule has 8 nitrogen and oxygen atoms in total. The van der Waals surface area contributed by atoms with E-state index in [1.165, 1.54) is 17.0 Å². The summed E-state index contributed by atoms with van der Waals surface area (Å²) in [5, 5.41) is 3.45. The number of sulfonamides is 1. The number of ether oxygens (including phenoxy) is 1. The average molecular weight is 600 g/mol. The third-order valence-electron chi connectivity index (χ3n) is 6.26. The smallest absolute Gasteiger partial charge is 0.264 e. The summed E-state index contributed by atoms with van der Waals surface area (Å²) >= 11 is 6.05. The van der Waals surface area contributed by atoms with Gasteiger partial charge in [0.1, 0.15) is 18.3 Å². The molecule has 1 atom stereocenters. The SMILES string of the molecule is CCOc1ccc(S(=O)(=O)N(CC(=O)N(Cc2ccc(Cl)cc2)[C@H](C)C(=O)NC(C)(C)C)c2ccc(C)cc2)cc1. The molecule has 41 heavy (non-hydrogen) atoms. The number of nitrogens with zero attached hydrogens (tertiary/aromatic N) is 2. The number of halogens is 1. The van der Waals surface area contributed by atoms with Crippen LogP contribution in [-0.2, 0) is 26.2 Å². The number of benzene rings is 3. The molecule has 0 aromatic heterocycles. The quantitative estimate of drug-likeness (QED) is 0.311. The van der Waals surface area contributed by atoms with Crippen molar-refractivity contribution in [3.8, 4) is 5.75 Å². The maximum absolute atomic E-state index is 14.0. The Labute approximate surface area is 248 Å². The molecule has 0 radical (unpaired) electrons. The molecule has 2 amide bonds. The van der Waals surface area contributed by atoms with Gasteiger partial charge in [-0.2, -0.15) is 0 Å². The maximum atomic E-state index is 14.0. The first kappa shape index (κ1) is 32.0. The summed E-state index contributed by atoms with van der Waals surface area (Å²) < 4.78 is 34.4. The zero-order valence-corrected chi connectivity index (χ0v) is 25.9. The Morgan fingerprint density at radius 3 is 2.07 bits per heavy atom. The van der Waals surface area contributed by atoms with Crippen LogP contribution in [0.3, 0.4) is 0 Å². The molecule has 0 saturated carbocycles. The lowest BCUT2D eigenvalue weighted by Crippen LogP contribution is -2.54. The number of amides is 2. The van der Waals surface area contributed by atoms with Gasteiger partial charge in [-0.25, -0.2) is 8.42 Å². The Kier molecular flexibility index (Phi) is 10.4. The van der Waals surface area contributed by atoms with Gasteiger partial charge in [0, 0.05) is 17.1 Å². The van der Waals surface area contributed by atoms with E-state index >= 15 is 0 Å². The van der Waals surface area contributed by atoms with Crippen LogP contribution in [0.25, 0.3) is 0 Å².